The molecular formula is C26H32O4. The second-order valence-corrected chi connectivity index (χ2v) is 7.82. The van der Waals surface area contributed by atoms with Crippen molar-refractivity contribution in [3.05, 3.63) is 66.2 Å². The predicted molar refractivity (Wildman–Crippen MR) is 122 cm³/mol. The van der Waals surface area contributed by atoms with Gasteiger partial charge < -0.3 is 18.9 Å². The van der Waals surface area contributed by atoms with Gasteiger partial charge in [-0.2, -0.15) is 0 Å². The zero-order valence-corrected chi connectivity index (χ0v) is 18.6. The molecule has 0 heterocycles. The van der Waals surface area contributed by atoms with Crippen LogP contribution in [0, 0.1) is 5.92 Å². The fourth-order valence-corrected chi connectivity index (χ4v) is 3.37. The largest absolute Gasteiger partial charge is 0.496 e. The molecule has 0 aliphatic heterocycles. The van der Waals surface area contributed by atoms with Gasteiger partial charge in [-0.25, -0.2) is 0 Å². The molecule has 30 heavy (non-hydrogen) atoms. The summed E-state index contributed by atoms with van der Waals surface area (Å²) in [5.41, 5.74) is 1.33. The summed E-state index contributed by atoms with van der Waals surface area (Å²) in [6, 6.07) is 20.2. The van der Waals surface area contributed by atoms with E-state index in [-0.39, 0.29) is 6.29 Å². The second-order valence-electron chi connectivity index (χ2n) is 7.82. The minimum absolute atomic E-state index is 0.352. The van der Waals surface area contributed by atoms with E-state index in [9.17, 15) is 0 Å². The van der Waals surface area contributed by atoms with E-state index in [0.29, 0.717) is 25.0 Å². The Kier molecular flexibility index (Phi) is 7.58. The van der Waals surface area contributed by atoms with Gasteiger partial charge in [0.25, 0.3) is 0 Å². The molecule has 4 nitrogen and oxygen atoms in total. The smallest absolute Gasteiger partial charge is 0.197 e. The fraction of sp³-hybridized carbons (Fsp3) is 0.385. The van der Waals surface area contributed by atoms with E-state index in [0.717, 1.165) is 28.0 Å². The van der Waals surface area contributed by atoms with Crippen molar-refractivity contribution in [1.82, 2.24) is 0 Å². The Morgan fingerprint density at radius 3 is 2.00 bits per heavy atom. The maximum Gasteiger partial charge on any atom is 0.197 e. The summed E-state index contributed by atoms with van der Waals surface area (Å²) in [5.74, 6) is 3.61. The highest BCUT2D eigenvalue weighted by Crippen LogP contribution is 2.32. The topological polar surface area (TPSA) is 36.9 Å². The first-order valence-corrected chi connectivity index (χ1v) is 10.6. The first-order valence-electron chi connectivity index (χ1n) is 10.6. The highest BCUT2D eigenvalue weighted by atomic mass is 16.7. The van der Waals surface area contributed by atoms with Crippen LogP contribution in [0.3, 0.4) is 0 Å². The van der Waals surface area contributed by atoms with Crippen molar-refractivity contribution in [1.29, 1.82) is 0 Å². The minimum atomic E-state index is -0.352. The second kappa shape index (κ2) is 10.4. The molecule has 0 aliphatic carbocycles. The van der Waals surface area contributed by atoms with Gasteiger partial charge in [0.15, 0.2) is 6.29 Å². The molecule has 0 fully saturated rings. The van der Waals surface area contributed by atoms with E-state index in [1.54, 1.807) is 7.11 Å². The van der Waals surface area contributed by atoms with Gasteiger partial charge in [-0.05, 0) is 48.6 Å². The van der Waals surface area contributed by atoms with Gasteiger partial charge >= 0.3 is 0 Å². The quantitative estimate of drug-likeness (QED) is 0.286. The molecule has 0 N–H and O–H groups in total. The van der Waals surface area contributed by atoms with Crippen LogP contribution in [0.25, 0.3) is 10.8 Å². The number of rotatable bonds is 10. The van der Waals surface area contributed by atoms with E-state index in [1.165, 1.54) is 5.56 Å². The molecule has 3 rings (SSSR count). The van der Waals surface area contributed by atoms with Crippen molar-refractivity contribution in [2.75, 3.05) is 20.3 Å². The van der Waals surface area contributed by atoms with E-state index in [1.807, 2.05) is 55.5 Å². The number of fused-ring (bicyclic) bond motifs is 1. The van der Waals surface area contributed by atoms with Crippen LogP contribution in [0.15, 0.2) is 60.7 Å². The van der Waals surface area contributed by atoms with Gasteiger partial charge in [-0.1, -0.05) is 57.2 Å². The molecule has 0 aromatic heterocycles. The average molecular weight is 409 g/mol. The van der Waals surface area contributed by atoms with Gasteiger partial charge in [0, 0.05) is 10.8 Å². The van der Waals surface area contributed by atoms with Crippen molar-refractivity contribution in [2.24, 2.45) is 5.92 Å². The van der Waals surface area contributed by atoms with Gasteiger partial charge in [-0.15, -0.1) is 0 Å². The van der Waals surface area contributed by atoms with E-state index >= 15 is 0 Å². The molecule has 3 aromatic carbocycles. The van der Waals surface area contributed by atoms with Gasteiger partial charge in [0.1, 0.15) is 23.9 Å². The number of hydrogen-bond acceptors (Lipinski definition) is 4. The molecule has 0 amide bonds. The lowest BCUT2D eigenvalue weighted by Crippen LogP contribution is -2.20. The van der Waals surface area contributed by atoms with Crippen molar-refractivity contribution >= 4 is 10.8 Å². The third-order valence-electron chi connectivity index (χ3n) is 5.47. The van der Waals surface area contributed by atoms with Gasteiger partial charge in [-0.3, -0.25) is 0 Å². The molecule has 0 bridgehead atoms. The normalized spacial score (nSPS) is 13.3. The van der Waals surface area contributed by atoms with E-state index in [4.69, 9.17) is 18.9 Å². The summed E-state index contributed by atoms with van der Waals surface area (Å²) < 4.78 is 23.0. The Morgan fingerprint density at radius 1 is 0.733 bits per heavy atom. The highest BCUT2D eigenvalue weighted by molar-refractivity contribution is 5.93. The first kappa shape index (κ1) is 22.0. The van der Waals surface area contributed by atoms with Crippen LogP contribution in [0.1, 0.15) is 39.2 Å². The standard InChI is InChI=1S/C26H32O4/c1-18(2)19(3)21-10-12-22(13-11-21)30-20(4)28-16-17-29-26-15-14-25(27-5)23-8-6-7-9-24(23)26/h6-15,18-20H,16-17H2,1-5H3. The van der Waals surface area contributed by atoms with Crippen LogP contribution in [0.2, 0.25) is 0 Å². The molecular weight excluding hydrogens is 376 g/mol. The van der Waals surface area contributed by atoms with Crippen LogP contribution < -0.4 is 14.2 Å². The lowest BCUT2D eigenvalue weighted by Gasteiger charge is -2.18. The Bertz CT molecular complexity index is 933. The summed E-state index contributed by atoms with van der Waals surface area (Å²) in [7, 11) is 1.68. The number of methoxy groups -OCH3 is 1. The molecule has 0 radical (unpaired) electrons. The zero-order chi connectivity index (χ0) is 21.5. The molecule has 160 valence electrons. The Morgan fingerprint density at radius 2 is 1.37 bits per heavy atom. The van der Waals surface area contributed by atoms with Crippen molar-refractivity contribution in [2.45, 2.75) is 39.9 Å². The summed E-state index contributed by atoms with van der Waals surface area (Å²) in [5, 5.41) is 2.06. The van der Waals surface area contributed by atoms with E-state index in [2.05, 4.69) is 32.9 Å². The lowest BCUT2D eigenvalue weighted by molar-refractivity contribution is -0.0738. The highest BCUT2D eigenvalue weighted by Gasteiger charge is 2.11. The van der Waals surface area contributed by atoms with Crippen LogP contribution in [-0.2, 0) is 4.74 Å². The maximum absolute atomic E-state index is 5.95. The van der Waals surface area contributed by atoms with Crippen LogP contribution in [0.4, 0.5) is 0 Å². The van der Waals surface area contributed by atoms with Crippen LogP contribution >= 0.6 is 0 Å². The molecule has 4 heteroatoms. The molecule has 0 saturated carbocycles. The van der Waals surface area contributed by atoms with Crippen molar-refractivity contribution in [3.8, 4) is 17.2 Å². The van der Waals surface area contributed by atoms with Crippen LogP contribution in [0.5, 0.6) is 17.2 Å². The Hall–Kier alpha value is -2.72. The number of benzene rings is 3. The fourth-order valence-electron chi connectivity index (χ4n) is 3.37. The van der Waals surface area contributed by atoms with Crippen molar-refractivity contribution < 1.29 is 18.9 Å². The Labute approximate surface area is 179 Å². The molecule has 0 aliphatic rings. The lowest BCUT2D eigenvalue weighted by atomic mass is 9.90. The SMILES string of the molecule is COc1ccc(OCCOC(C)Oc2ccc(C(C)C(C)C)cc2)c2ccccc12. The third-order valence-corrected chi connectivity index (χ3v) is 5.47. The molecule has 0 spiro atoms. The Balaban J connectivity index is 1.48. The molecule has 2 unspecified atom stereocenters. The predicted octanol–water partition coefficient (Wildman–Crippen LogP) is 6.43. The summed E-state index contributed by atoms with van der Waals surface area (Å²) in [6.45, 7) is 9.49. The summed E-state index contributed by atoms with van der Waals surface area (Å²) in [4.78, 5) is 0. The summed E-state index contributed by atoms with van der Waals surface area (Å²) in [6.07, 6.45) is -0.352. The monoisotopic (exact) mass is 408 g/mol. The zero-order valence-electron chi connectivity index (χ0n) is 18.6. The molecule has 2 atom stereocenters. The molecule has 0 saturated heterocycles. The third kappa shape index (κ3) is 5.45. The van der Waals surface area contributed by atoms with Gasteiger partial charge in [0.05, 0.1) is 13.7 Å². The maximum atomic E-state index is 5.95. The van der Waals surface area contributed by atoms with E-state index < -0.39 is 0 Å². The molecule has 3 aromatic rings. The number of ether oxygens (including phenoxy) is 4. The van der Waals surface area contributed by atoms with Crippen molar-refractivity contribution in [3.63, 3.8) is 0 Å². The number of hydrogen-bond donors (Lipinski definition) is 0. The van der Waals surface area contributed by atoms with Gasteiger partial charge in [0.2, 0.25) is 0 Å². The first-order chi connectivity index (χ1) is 14.5. The average Bonchev–Trinajstić information content (AvgIpc) is 2.76. The minimum Gasteiger partial charge on any atom is -0.496 e. The summed E-state index contributed by atoms with van der Waals surface area (Å²) >= 11 is 0. The van der Waals surface area contributed by atoms with Crippen LogP contribution in [-0.4, -0.2) is 26.6 Å².